The average Bonchev–Trinajstić information content (AvgIpc) is 2.53. The van der Waals surface area contributed by atoms with E-state index in [1.54, 1.807) is 17.8 Å². The van der Waals surface area contributed by atoms with Gasteiger partial charge in [0.05, 0.1) is 24.9 Å². The maximum atomic E-state index is 11.3. The Morgan fingerprint density at radius 1 is 1.25 bits per heavy atom. The Labute approximate surface area is 122 Å². The number of nitrogens with one attached hydrogen (secondary N) is 1. The number of rotatable bonds is 5. The molecule has 0 atom stereocenters. The Bertz CT molecular complexity index is 567. The first kappa shape index (κ1) is 14.4. The molecule has 0 amide bonds. The highest BCUT2D eigenvalue weighted by molar-refractivity contribution is 7.98. The molecule has 0 radical (unpaired) electrons. The summed E-state index contributed by atoms with van der Waals surface area (Å²) in [5.41, 5.74) is 2.37. The third-order valence-corrected chi connectivity index (χ3v) is 3.55. The standard InChI is InChI=1S/C15H16N2O2S/c1-19-15(18)11-3-4-13(16-9-11)10-17-12-5-7-14(20-2)8-6-12/h3-9,17H,10H2,1-2H3. The van der Waals surface area contributed by atoms with Crippen molar-refractivity contribution in [1.29, 1.82) is 0 Å². The number of carbonyl (C=O) groups excluding carboxylic acids is 1. The molecule has 1 N–H and O–H groups in total. The van der Waals surface area contributed by atoms with E-state index in [-0.39, 0.29) is 5.97 Å². The maximum absolute atomic E-state index is 11.3. The van der Waals surface area contributed by atoms with Gasteiger partial charge in [0.15, 0.2) is 0 Å². The average molecular weight is 288 g/mol. The van der Waals surface area contributed by atoms with Crippen molar-refractivity contribution in [3.05, 3.63) is 53.9 Å². The van der Waals surface area contributed by atoms with Crippen molar-refractivity contribution in [1.82, 2.24) is 4.98 Å². The number of ether oxygens (including phenoxy) is 1. The van der Waals surface area contributed by atoms with Gasteiger partial charge in [-0.1, -0.05) is 0 Å². The van der Waals surface area contributed by atoms with Crippen molar-refractivity contribution < 1.29 is 9.53 Å². The Kier molecular flexibility index (Phi) is 5.01. The van der Waals surface area contributed by atoms with Crippen LogP contribution in [-0.2, 0) is 11.3 Å². The van der Waals surface area contributed by atoms with E-state index >= 15 is 0 Å². The number of esters is 1. The molecular weight excluding hydrogens is 272 g/mol. The molecule has 0 fully saturated rings. The first-order chi connectivity index (χ1) is 9.72. The molecule has 1 heterocycles. The second-order valence-electron chi connectivity index (χ2n) is 4.11. The molecule has 0 spiro atoms. The van der Waals surface area contributed by atoms with Gasteiger partial charge in [-0.3, -0.25) is 4.98 Å². The van der Waals surface area contributed by atoms with Gasteiger partial charge >= 0.3 is 5.97 Å². The number of pyridine rings is 1. The fraction of sp³-hybridized carbons (Fsp3) is 0.200. The lowest BCUT2D eigenvalue weighted by atomic mass is 10.2. The van der Waals surface area contributed by atoms with Gasteiger partial charge in [-0.15, -0.1) is 11.8 Å². The number of hydrogen-bond acceptors (Lipinski definition) is 5. The summed E-state index contributed by atoms with van der Waals surface area (Å²) < 4.78 is 4.63. The summed E-state index contributed by atoms with van der Waals surface area (Å²) in [6.45, 7) is 0.611. The fourth-order valence-electron chi connectivity index (χ4n) is 1.67. The molecule has 5 heteroatoms. The number of nitrogens with zero attached hydrogens (tertiary/aromatic N) is 1. The van der Waals surface area contributed by atoms with Crippen LogP contribution in [-0.4, -0.2) is 24.3 Å². The lowest BCUT2D eigenvalue weighted by Crippen LogP contribution is -2.05. The van der Waals surface area contributed by atoms with Crippen molar-refractivity contribution in [2.45, 2.75) is 11.4 Å². The molecular formula is C15H16N2O2S. The van der Waals surface area contributed by atoms with Crippen molar-refractivity contribution in [2.75, 3.05) is 18.7 Å². The Morgan fingerprint density at radius 2 is 2.00 bits per heavy atom. The van der Waals surface area contributed by atoms with Crippen molar-refractivity contribution >= 4 is 23.4 Å². The van der Waals surface area contributed by atoms with Gasteiger partial charge in [0.25, 0.3) is 0 Å². The van der Waals surface area contributed by atoms with Gasteiger partial charge in [0.2, 0.25) is 0 Å². The number of methoxy groups -OCH3 is 1. The highest BCUT2D eigenvalue weighted by Crippen LogP contribution is 2.17. The molecule has 2 rings (SSSR count). The van der Waals surface area contributed by atoms with Gasteiger partial charge in [-0.05, 0) is 42.7 Å². The van der Waals surface area contributed by atoms with Crippen LogP contribution in [0.3, 0.4) is 0 Å². The normalized spacial score (nSPS) is 10.1. The second-order valence-corrected chi connectivity index (χ2v) is 4.99. The molecule has 4 nitrogen and oxygen atoms in total. The number of carbonyl (C=O) groups is 1. The summed E-state index contributed by atoms with van der Waals surface area (Å²) in [6.07, 6.45) is 3.58. The first-order valence-corrected chi connectivity index (χ1v) is 7.36. The van der Waals surface area contributed by atoms with Crippen LogP contribution in [0.1, 0.15) is 16.1 Å². The summed E-state index contributed by atoms with van der Waals surface area (Å²) in [7, 11) is 1.36. The topological polar surface area (TPSA) is 51.2 Å². The molecule has 0 unspecified atom stereocenters. The molecule has 1 aromatic carbocycles. The van der Waals surface area contributed by atoms with Gasteiger partial charge in [-0.25, -0.2) is 4.79 Å². The molecule has 2 aromatic rings. The lowest BCUT2D eigenvalue weighted by Gasteiger charge is -2.07. The second kappa shape index (κ2) is 6.96. The zero-order chi connectivity index (χ0) is 14.4. The molecule has 20 heavy (non-hydrogen) atoms. The molecule has 1 aromatic heterocycles. The molecule has 0 saturated carbocycles. The number of hydrogen-bond donors (Lipinski definition) is 1. The third kappa shape index (κ3) is 3.74. The van der Waals surface area contributed by atoms with Gasteiger partial charge in [-0.2, -0.15) is 0 Å². The summed E-state index contributed by atoms with van der Waals surface area (Å²) in [5, 5.41) is 3.29. The predicted molar refractivity (Wildman–Crippen MR) is 81.1 cm³/mol. The van der Waals surface area contributed by atoms with Crippen LogP contribution in [0.2, 0.25) is 0 Å². The van der Waals surface area contributed by atoms with E-state index in [0.29, 0.717) is 12.1 Å². The Hall–Kier alpha value is -2.01. The fourth-order valence-corrected chi connectivity index (χ4v) is 2.08. The zero-order valence-electron chi connectivity index (χ0n) is 11.4. The van der Waals surface area contributed by atoms with E-state index in [2.05, 4.69) is 33.4 Å². The summed E-state index contributed by atoms with van der Waals surface area (Å²) in [4.78, 5) is 16.7. The van der Waals surface area contributed by atoms with Crippen molar-refractivity contribution in [2.24, 2.45) is 0 Å². The lowest BCUT2D eigenvalue weighted by molar-refractivity contribution is 0.0600. The minimum absolute atomic E-state index is 0.371. The van der Waals surface area contributed by atoms with E-state index in [9.17, 15) is 4.79 Å². The molecule has 104 valence electrons. The van der Waals surface area contributed by atoms with Crippen LogP contribution in [0.5, 0.6) is 0 Å². The van der Waals surface area contributed by atoms with Crippen LogP contribution in [0.4, 0.5) is 5.69 Å². The number of benzene rings is 1. The number of thioether (sulfide) groups is 1. The number of anilines is 1. The van der Waals surface area contributed by atoms with Crippen LogP contribution < -0.4 is 5.32 Å². The highest BCUT2D eigenvalue weighted by atomic mass is 32.2. The number of aromatic nitrogens is 1. The highest BCUT2D eigenvalue weighted by Gasteiger charge is 2.05. The Morgan fingerprint density at radius 3 is 2.55 bits per heavy atom. The summed E-state index contributed by atoms with van der Waals surface area (Å²) >= 11 is 1.71. The Balaban J connectivity index is 1.94. The van der Waals surface area contributed by atoms with Crippen molar-refractivity contribution in [3.8, 4) is 0 Å². The van der Waals surface area contributed by atoms with E-state index in [0.717, 1.165) is 11.4 Å². The maximum Gasteiger partial charge on any atom is 0.339 e. The first-order valence-electron chi connectivity index (χ1n) is 6.14. The summed E-state index contributed by atoms with van der Waals surface area (Å²) in [5.74, 6) is -0.371. The monoisotopic (exact) mass is 288 g/mol. The van der Waals surface area contributed by atoms with Gasteiger partial charge in [0, 0.05) is 16.8 Å². The van der Waals surface area contributed by atoms with Crippen LogP contribution >= 0.6 is 11.8 Å². The van der Waals surface area contributed by atoms with Crippen LogP contribution in [0.25, 0.3) is 0 Å². The molecule has 0 saturated heterocycles. The minimum Gasteiger partial charge on any atom is -0.465 e. The van der Waals surface area contributed by atoms with Crippen LogP contribution in [0, 0.1) is 0 Å². The van der Waals surface area contributed by atoms with E-state index in [1.165, 1.54) is 18.2 Å². The molecule has 0 aliphatic carbocycles. The SMILES string of the molecule is COC(=O)c1ccc(CNc2ccc(SC)cc2)nc1. The minimum atomic E-state index is -0.371. The quantitative estimate of drug-likeness (QED) is 0.676. The van der Waals surface area contributed by atoms with Gasteiger partial charge in [0.1, 0.15) is 0 Å². The summed E-state index contributed by atoms with van der Waals surface area (Å²) in [6, 6.07) is 11.7. The van der Waals surface area contributed by atoms with E-state index < -0.39 is 0 Å². The smallest absolute Gasteiger partial charge is 0.339 e. The van der Waals surface area contributed by atoms with E-state index in [4.69, 9.17) is 0 Å². The largest absolute Gasteiger partial charge is 0.465 e. The zero-order valence-corrected chi connectivity index (χ0v) is 12.2. The molecule has 0 aliphatic heterocycles. The van der Waals surface area contributed by atoms with E-state index in [1.807, 2.05) is 18.2 Å². The molecule has 0 bridgehead atoms. The molecule has 0 aliphatic rings. The third-order valence-electron chi connectivity index (χ3n) is 2.81. The predicted octanol–water partition coefficient (Wildman–Crippen LogP) is 3.20. The van der Waals surface area contributed by atoms with Crippen molar-refractivity contribution in [3.63, 3.8) is 0 Å². The van der Waals surface area contributed by atoms with Gasteiger partial charge < -0.3 is 10.1 Å². The van der Waals surface area contributed by atoms with Crippen LogP contribution in [0.15, 0.2) is 47.5 Å².